The van der Waals surface area contributed by atoms with E-state index in [1.54, 1.807) is 0 Å². The van der Waals surface area contributed by atoms with Crippen LogP contribution >= 0.6 is 0 Å². The van der Waals surface area contributed by atoms with Crippen molar-refractivity contribution in [3.8, 4) is 5.75 Å². The Labute approximate surface area is 126 Å². The molecule has 4 nitrogen and oxygen atoms in total. The van der Waals surface area contributed by atoms with Crippen LogP contribution < -0.4 is 10.1 Å². The maximum atomic E-state index is 11.8. The molecule has 1 saturated carbocycles. The monoisotopic (exact) mass is 291 g/mol. The van der Waals surface area contributed by atoms with Gasteiger partial charge in [0.15, 0.2) is 0 Å². The molecule has 0 heterocycles. The number of hydrogen-bond donors (Lipinski definition) is 2. The second-order valence-electron chi connectivity index (χ2n) is 6.02. The van der Waals surface area contributed by atoms with Crippen LogP contribution in [0.4, 0.5) is 0 Å². The molecule has 1 amide bonds. The molecule has 116 valence electrons. The number of aliphatic hydroxyl groups is 1. The third kappa shape index (κ3) is 5.38. The van der Waals surface area contributed by atoms with Crippen LogP contribution in [0.1, 0.15) is 37.7 Å². The van der Waals surface area contributed by atoms with Gasteiger partial charge in [-0.25, -0.2) is 0 Å². The quantitative estimate of drug-likeness (QED) is 0.687. The summed E-state index contributed by atoms with van der Waals surface area (Å²) in [4.78, 5) is 11.8. The summed E-state index contributed by atoms with van der Waals surface area (Å²) in [6.07, 6.45) is 4.23. The third-order valence-corrected chi connectivity index (χ3v) is 4.07. The minimum Gasteiger partial charge on any atom is -0.494 e. The minimum absolute atomic E-state index is 0.0760. The normalized spacial score (nSPS) is 15.5. The first-order valence-corrected chi connectivity index (χ1v) is 7.71. The highest BCUT2D eigenvalue weighted by Gasteiger charge is 2.41. The molecule has 0 unspecified atom stereocenters. The molecular formula is C17H25NO3. The average Bonchev–Trinajstić information content (AvgIpc) is 3.22. The van der Waals surface area contributed by atoms with Crippen molar-refractivity contribution in [3.05, 3.63) is 29.8 Å². The van der Waals surface area contributed by atoms with Crippen molar-refractivity contribution in [2.75, 3.05) is 19.8 Å². The zero-order valence-electron chi connectivity index (χ0n) is 12.7. The van der Waals surface area contributed by atoms with E-state index in [1.807, 2.05) is 31.2 Å². The van der Waals surface area contributed by atoms with Gasteiger partial charge in [-0.2, -0.15) is 0 Å². The minimum atomic E-state index is 0.0760. The van der Waals surface area contributed by atoms with Crippen molar-refractivity contribution >= 4 is 5.91 Å². The molecule has 4 heteroatoms. The van der Waals surface area contributed by atoms with Crippen LogP contribution in [0.3, 0.4) is 0 Å². The summed E-state index contributed by atoms with van der Waals surface area (Å²) in [6.45, 7) is 3.49. The molecule has 1 aromatic carbocycles. The molecule has 0 radical (unpaired) electrons. The Morgan fingerprint density at radius 3 is 2.90 bits per heavy atom. The SMILES string of the molecule is Cc1cccc(OCCCC(=O)NCC2(CCO)CC2)c1. The van der Waals surface area contributed by atoms with E-state index in [2.05, 4.69) is 5.32 Å². The van der Waals surface area contributed by atoms with Gasteiger partial charge in [0.25, 0.3) is 0 Å². The van der Waals surface area contributed by atoms with E-state index in [9.17, 15) is 4.79 Å². The highest BCUT2D eigenvalue weighted by atomic mass is 16.5. The number of carbonyl (C=O) groups is 1. The van der Waals surface area contributed by atoms with Crippen LogP contribution in [0.25, 0.3) is 0 Å². The summed E-state index contributed by atoms with van der Waals surface area (Å²) in [5.41, 5.74) is 1.35. The van der Waals surface area contributed by atoms with Crippen molar-refractivity contribution < 1.29 is 14.6 Å². The van der Waals surface area contributed by atoms with Crippen molar-refractivity contribution in [1.29, 1.82) is 0 Å². The lowest BCUT2D eigenvalue weighted by atomic mass is 10.0. The topological polar surface area (TPSA) is 58.6 Å². The molecule has 0 bridgehead atoms. The van der Waals surface area contributed by atoms with Gasteiger partial charge in [0.2, 0.25) is 5.91 Å². The van der Waals surface area contributed by atoms with Gasteiger partial charge >= 0.3 is 0 Å². The van der Waals surface area contributed by atoms with E-state index in [4.69, 9.17) is 9.84 Å². The molecule has 0 atom stereocenters. The molecule has 21 heavy (non-hydrogen) atoms. The van der Waals surface area contributed by atoms with Gasteiger partial charge in [-0.1, -0.05) is 12.1 Å². The van der Waals surface area contributed by atoms with Gasteiger partial charge in [0, 0.05) is 19.6 Å². The fourth-order valence-electron chi connectivity index (χ4n) is 2.43. The lowest BCUT2D eigenvalue weighted by Crippen LogP contribution is -2.30. The first-order valence-electron chi connectivity index (χ1n) is 7.71. The number of amides is 1. The number of aliphatic hydroxyl groups excluding tert-OH is 1. The Morgan fingerprint density at radius 1 is 1.43 bits per heavy atom. The molecule has 0 aliphatic heterocycles. The number of benzene rings is 1. The third-order valence-electron chi connectivity index (χ3n) is 4.07. The Bertz CT molecular complexity index is 469. The van der Waals surface area contributed by atoms with E-state index in [1.165, 1.54) is 5.56 Å². The molecule has 0 saturated heterocycles. The van der Waals surface area contributed by atoms with Crippen molar-refractivity contribution in [1.82, 2.24) is 5.32 Å². The lowest BCUT2D eigenvalue weighted by molar-refractivity contribution is -0.121. The highest BCUT2D eigenvalue weighted by Crippen LogP contribution is 2.47. The summed E-state index contributed by atoms with van der Waals surface area (Å²) in [5, 5.41) is 12.0. The van der Waals surface area contributed by atoms with Crippen LogP contribution in [0.15, 0.2) is 24.3 Å². The number of nitrogens with one attached hydrogen (secondary N) is 1. The maximum absolute atomic E-state index is 11.8. The summed E-state index contributed by atoms with van der Waals surface area (Å²) >= 11 is 0. The van der Waals surface area contributed by atoms with Gasteiger partial charge < -0.3 is 15.2 Å². The Balaban J connectivity index is 1.57. The van der Waals surface area contributed by atoms with E-state index in [0.717, 1.165) is 25.0 Å². The van der Waals surface area contributed by atoms with Crippen LogP contribution in [-0.4, -0.2) is 30.8 Å². The predicted molar refractivity (Wildman–Crippen MR) is 82.3 cm³/mol. The van der Waals surface area contributed by atoms with Crippen LogP contribution in [-0.2, 0) is 4.79 Å². The fraction of sp³-hybridized carbons (Fsp3) is 0.588. The molecule has 2 rings (SSSR count). The molecule has 1 aromatic rings. The summed E-state index contributed by atoms with van der Waals surface area (Å²) in [5.74, 6) is 0.933. The first kappa shape index (κ1) is 15.8. The van der Waals surface area contributed by atoms with E-state index in [-0.39, 0.29) is 17.9 Å². The summed E-state index contributed by atoms with van der Waals surface area (Å²) in [7, 11) is 0. The Kier molecular flexibility index (Phi) is 5.62. The van der Waals surface area contributed by atoms with Crippen molar-refractivity contribution in [2.45, 2.75) is 39.0 Å². The maximum Gasteiger partial charge on any atom is 0.220 e. The zero-order valence-corrected chi connectivity index (χ0v) is 12.7. The molecular weight excluding hydrogens is 266 g/mol. The number of hydrogen-bond acceptors (Lipinski definition) is 3. The van der Waals surface area contributed by atoms with Crippen LogP contribution in [0.2, 0.25) is 0 Å². The smallest absolute Gasteiger partial charge is 0.220 e. The Hall–Kier alpha value is -1.55. The largest absolute Gasteiger partial charge is 0.494 e. The molecule has 0 aromatic heterocycles. The van der Waals surface area contributed by atoms with Crippen molar-refractivity contribution in [3.63, 3.8) is 0 Å². The van der Waals surface area contributed by atoms with Gasteiger partial charge in [-0.15, -0.1) is 0 Å². The van der Waals surface area contributed by atoms with Gasteiger partial charge in [0.1, 0.15) is 5.75 Å². The zero-order chi connectivity index (χ0) is 15.1. The van der Waals surface area contributed by atoms with Crippen LogP contribution in [0, 0.1) is 12.3 Å². The fourth-order valence-corrected chi connectivity index (χ4v) is 2.43. The number of aryl methyl sites for hydroxylation is 1. The lowest BCUT2D eigenvalue weighted by Gasteiger charge is -2.14. The molecule has 2 N–H and O–H groups in total. The standard InChI is InChI=1S/C17H25NO3/c1-14-4-2-5-15(12-14)21-11-3-6-16(20)18-13-17(7-8-17)9-10-19/h2,4-5,12,19H,3,6-11,13H2,1H3,(H,18,20). The predicted octanol–water partition coefficient (Wildman–Crippen LogP) is 2.43. The highest BCUT2D eigenvalue weighted by molar-refractivity contribution is 5.75. The van der Waals surface area contributed by atoms with Gasteiger partial charge in [-0.3, -0.25) is 4.79 Å². The molecule has 1 fully saturated rings. The Morgan fingerprint density at radius 2 is 2.24 bits per heavy atom. The molecule has 0 spiro atoms. The first-order chi connectivity index (χ1) is 10.1. The average molecular weight is 291 g/mol. The summed E-state index contributed by atoms with van der Waals surface area (Å²) < 4.78 is 5.62. The number of rotatable bonds is 9. The van der Waals surface area contributed by atoms with E-state index < -0.39 is 0 Å². The van der Waals surface area contributed by atoms with E-state index in [0.29, 0.717) is 26.0 Å². The van der Waals surface area contributed by atoms with Crippen LogP contribution in [0.5, 0.6) is 5.75 Å². The number of ether oxygens (including phenoxy) is 1. The van der Waals surface area contributed by atoms with Gasteiger partial charge in [0.05, 0.1) is 6.61 Å². The molecule has 1 aliphatic rings. The van der Waals surface area contributed by atoms with E-state index >= 15 is 0 Å². The second-order valence-corrected chi connectivity index (χ2v) is 6.02. The molecule has 1 aliphatic carbocycles. The second kappa shape index (κ2) is 7.46. The van der Waals surface area contributed by atoms with Crippen molar-refractivity contribution in [2.24, 2.45) is 5.41 Å². The van der Waals surface area contributed by atoms with Gasteiger partial charge in [-0.05, 0) is 55.7 Å². The summed E-state index contributed by atoms with van der Waals surface area (Å²) in [6, 6.07) is 7.92. The number of carbonyl (C=O) groups excluding carboxylic acids is 1.